The van der Waals surface area contributed by atoms with Gasteiger partial charge in [0, 0.05) is 16.6 Å². The summed E-state index contributed by atoms with van der Waals surface area (Å²) in [4.78, 5) is 20.6. The van der Waals surface area contributed by atoms with Crippen LogP contribution in [0, 0.1) is 5.82 Å². The van der Waals surface area contributed by atoms with Crippen LogP contribution in [-0.4, -0.2) is 19.1 Å². The molecule has 2 N–H and O–H groups in total. The molecule has 1 aromatic carbocycles. The molecule has 0 amide bonds. The lowest BCUT2D eigenvalue weighted by Gasteiger charge is -2.05. The molecule has 3 rings (SSSR count). The van der Waals surface area contributed by atoms with Crippen LogP contribution in [0.25, 0.3) is 11.2 Å². The van der Waals surface area contributed by atoms with Crippen molar-refractivity contribution in [3.63, 3.8) is 0 Å². The van der Waals surface area contributed by atoms with Gasteiger partial charge in [-0.1, -0.05) is 33.6 Å². The van der Waals surface area contributed by atoms with Crippen molar-refractivity contribution in [2.24, 2.45) is 0 Å². The summed E-state index contributed by atoms with van der Waals surface area (Å²) >= 11 is 9.31. The number of hydrogen-bond acceptors (Lipinski definition) is 4. The SMILES string of the molecule is CCn1c(=O)n(Cc2ccc(Br)cc2F)c2nc(N)nc(Cl)c21. The zero-order valence-corrected chi connectivity index (χ0v) is 14.4. The number of fused-ring (bicyclic) bond motifs is 1. The molecule has 6 nitrogen and oxygen atoms in total. The molecular weight excluding hydrogens is 389 g/mol. The number of nitrogen functional groups attached to an aromatic ring is 1. The van der Waals surface area contributed by atoms with Gasteiger partial charge in [0.15, 0.2) is 10.8 Å². The van der Waals surface area contributed by atoms with Crippen LogP contribution in [0.3, 0.4) is 0 Å². The first-order chi connectivity index (χ1) is 10.9. The minimum absolute atomic E-state index is 0.0221. The molecule has 0 bridgehead atoms. The molecule has 0 aliphatic heterocycles. The van der Waals surface area contributed by atoms with Crippen molar-refractivity contribution in [1.29, 1.82) is 0 Å². The third-order valence-corrected chi connectivity index (χ3v) is 4.24. The van der Waals surface area contributed by atoms with Crippen molar-refractivity contribution < 1.29 is 4.39 Å². The van der Waals surface area contributed by atoms with Gasteiger partial charge in [-0.05, 0) is 19.1 Å². The zero-order chi connectivity index (χ0) is 16.7. The van der Waals surface area contributed by atoms with Crippen LogP contribution in [0.2, 0.25) is 5.15 Å². The summed E-state index contributed by atoms with van der Waals surface area (Å²) in [5, 5.41) is 0.0986. The highest BCUT2D eigenvalue weighted by Crippen LogP contribution is 2.22. The molecule has 9 heteroatoms. The Morgan fingerprint density at radius 1 is 1.35 bits per heavy atom. The van der Waals surface area contributed by atoms with Gasteiger partial charge in [0.25, 0.3) is 0 Å². The number of halogens is 3. The Morgan fingerprint density at radius 3 is 2.74 bits per heavy atom. The van der Waals surface area contributed by atoms with E-state index in [0.717, 1.165) is 0 Å². The summed E-state index contributed by atoms with van der Waals surface area (Å²) < 4.78 is 17.5. The lowest BCUT2D eigenvalue weighted by Crippen LogP contribution is -2.24. The largest absolute Gasteiger partial charge is 0.368 e. The fraction of sp³-hybridized carbons (Fsp3) is 0.214. The average molecular weight is 401 g/mol. The Bertz CT molecular complexity index is 968. The normalized spacial score (nSPS) is 11.3. The molecule has 0 radical (unpaired) electrons. The van der Waals surface area contributed by atoms with Gasteiger partial charge in [-0.15, -0.1) is 0 Å². The molecule has 0 aliphatic rings. The first-order valence-corrected chi connectivity index (χ1v) is 7.95. The van der Waals surface area contributed by atoms with Crippen LogP contribution in [-0.2, 0) is 13.1 Å². The van der Waals surface area contributed by atoms with Gasteiger partial charge in [0.05, 0.1) is 6.54 Å². The Balaban J connectivity index is 2.25. The highest BCUT2D eigenvalue weighted by molar-refractivity contribution is 9.10. The second-order valence-electron chi connectivity index (χ2n) is 4.89. The second-order valence-corrected chi connectivity index (χ2v) is 6.17. The molecule has 0 atom stereocenters. The van der Waals surface area contributed by atoms with Gasteiger partial charge in [0.2, 0.25) is 5.95 Å². The first-order valence-electron chi connectivity index (χ1n) is 6.78. The molecule has 3 aromatic rings. The Morgan fingerprint density at radius 2 is 2.09 bits per heavy atom. The fourth-order valence-electron chi connectivity index (χ4n) is 2.44. The molecule has 0 spiro atoms. The maximum Gasteiger partial charge on any atom is 0.330 e. The standard InChI is InChI=1S/C14H12BrClFN5O/c1-2-21-10-11(16)19-13(18)20-12(10)22(14(21)23)6-7-3-4-8(15)5-9(7)17/h3-5H,2,6H2,1H3,(H2,18,19,20). The van der Waals surface area contributed by atoms with Gasteiger partial charge in [-0.3, -0.25) is 9.13 Å². The number of nitrogens with zero attached hydrogens (tertiary/aromatic N) is 4. The monoisotopic (exact) mass is 399 g/mol. The smallest absolute Gasteiger partial charge is 0.330 e. The van der Waals surface area contributed by atoms with E-state index in [9.17, 15) is 9.18 Å². The van der Waals surface area contributed by atoms with Crippen molar-refractivity contribution in [3.05, 3.63) is 49.7 Å². The molecule has 0 unspecified atom stereocenters. The molecule has 0 aliphatic carbocycles. The Labute approximate surface area is 143 Å². The molecule has 0 saturated heterocycles. The van der Waals surface area contributed by atoms with E-state index in [2.05, 4.69) is 25.9 Å². The zero-order valence-electron chi connectivity index (χ0n) is 12.1. The minimum Gasteiger partial charge on any atom is -0.368 e. The quantitative estimate of drug-likeness (QED) is 0.686. The summed E-state index contributed by atoms with van der Waals surface area (Å²) in [5.41, 5.74) is 6.33. The van der Waals surface area contributed by atoms with E-state index in [-0.39, 0.29) is 29.0 Å². The lowest BCUT2D eigenvalue weighted by atomic mass is 10.2. The minimum atomic E-state index is -0.420. The fourth-order valence-corrected chi connectivity index (χ4v) is 3.05. The average Bonchev–Trinajstić information content (AvgIpc) is 2.74. The van der Waals surface area contributed by atoms with E-state index in [4.69, 9.17) is 17.3 Å². The van der Waals surface area contributed by atoms with E-state index >= 15 is 0 Å². The highest BCUT2D eigenvalue weighted by atomic mass is 79.9. The van der Waals surface area contributed by atoms with Crippen LogP contribution in [0.4, 0.5) is 10.3 Å². The van der Waals surface area contributed by atoms with Crippen molar-refractivity contribution >= 4 is 44.6 Å². The molecule has 0 saturated carbocycles. The van der Waals surface area contributed by atoms with Crippen molar-refractivity contribution in [1.82, 2.24) is 19.1 Å². The summed E-state index contributed by atoms with van der Waals surface area (Å²) in [6.07, 6.45) is 0. The van der Waals surface area contributed by atoms with E-state index in [1.807, 2.05) is 0 Å². The maximum absolute atomic E-state index is 14.1. The summed E-state index contributed by atoms with van der Waals surface area (Å²) in [7, 11) is 0. The first kappa shape index (κ1) is 15.9. The number of benzene rings is 1. The van der Waals surface area contributed by atoms with E-state index < -0.39 is 5.82 Å². The topological polar surface area (TPSA) is 78.7 Å². The van der Waals surface area contributed by atoms with Crippen LogP contribution in [0.5, 0.6) is 0 Å². The van der Waals surface area contributed by atoms with Gasteiger partial charge in [-0.2, -0.15) is 9.97 Å². The molecular formula is C14H12BrClFN5O. The van der Waals surface area contributed by atoms with E-state index in [1.165, 1.54) is 15.2 Å². The van der Waals surface area contributed by atoms with E-state index in [0.29, 0.717) is 22.1 Å². The summed E-state index contributed by atoms with van der Waals surface area (Å²) in [5.74, 6) is -0.461. The number of aryl methyl sites for hydroxylation is 1. The lowest BCUT2D eigenvalue weighted by molar-refractivity contribution is 0.593. The highest BCUT2D eigenvalue weighted by Gasteiger charge is 2.19. The molecule has 0 fully saturated rings. The van der Waals surface area contributed by atoms with Gasteiger partial charge in [0.1, 0.15) is 11.3 Å². The van der Waals surface area contributed by atoms with Crippen LogP contribution < -0.4 is 11.4 Å². The Hall–Kier alpha value is -1.93. The number of rotatable bonds is 3. The molecule has 2 aromatic heterocycles. The number of anilines is 1. The predicted molar refractivity (Wildman–Crippen MR) is 90.1 cm³/mol. The van der Waals surface area contributed by atoms with Crippen molar-refractivity contribution in [2.75, 3.05) is 5.73 Å². The Kier molecular flexibility index (Phi) is 4.11. The van der Waals surface area contributed by atoms with Crippen LogP contribution >= 0.6 is 27.5 Å². The number of nitrogens with two attached hydrogens (primary N) is 1. The molecule has 23 heavy (non-hydrogen) atoms. The molecule has 2 heterocycles. The van der Waals surface area contributed by atoms with Crippen molar-refractivity contribution in [2.45, 2.75) is 20.0 Å². The predicted octanol–water partition coefficient (Wildman–Crippen LogP) is 2.80. The third-order valence-electron chi connectivity index (χ3n) is 3.49. The van der Waals surface area contributed by atoms with Gasteiger partial charge in [-0.25, -0.2) is 9.18 Å². The van der Waals surface area contributed by atoms with Gasteiger partial charge >= 0.3 is 5.69 Å². The number of hydrogen-bond donors (Lipinski definition) is 1. The van der Waals surface area contributed by atoms with Gasteiger partial charge < -0.3 is 5.73 Å². The maximum atomic E-state index is 14.1. The van der Waals surface area contributed by atoms with Crippen molar-refractivity contribution in [3.8, 4) is 0 Å². The van der Waals surface area contributed by atoms with Crippen LogP contribution in [0.1, 0.15) is 12.5 Å². The number of aromatic nitrogens is 4. The van der Waals surface area contributed by atoms with Crippen LogP contribution in [0.15, 0.2) is 27.5 Å². The second kappa shape index (κ2) is 5.93. The van der Waals surface area contributed by atoms with E-state index in [1.54, 1.807) is 19.1 Å². The molecule has 120 valence electrons. The third kappa shape index (κ3) is 2.72. The summed E-state index contributed by atoms with van der Waals surface area (Å²) in [6.45, 7) is 2.21. The summed E-state index contributed by atoms with van der Waals surface area (Å²) in [6, 6.07) is 4.65. The number of imidazole rings is 1.